The van der Waals surface area contributed by atoms with Crippen LogP contribution in [0.15, 0.2) is 48.7 Å². The quantitative estimate of drug-likeness (QED) is 0.705. The van der Waals surface area contributed by atoms with Crippen molar-refractivity contribution in [3.63, 3.8) is 0 Å². The molecule has 3 heterocycles. The third-order valence-electron chi connectivity index (χ3n) is 5.67. The first kappa shape index (κ1) is 21.1. The highest BCUT2D eigenvalue weighted by atomic mass is 16.5. The van der Waals surface area contributed by atoms with E-state index in [-0.39, 0.29) is 0 Å². The van der Waals surface area contributed by atoms with E-state index in [4.69, 9.17) is 9.47 Å². The second-order valence-electron chi connectivity index (χ2n) is 7.98. The largest absolute Gasteiger partial charge is 0.491 e. The summed E-state index contributed by atoms with van der Waals surface area (Å²) in [7, 11) is 0. The molecule has 30 heavy (non-hydrogen) atoms. The van der Waals surface area contributed by atoms with Gasteiger partial charge in [-0.05, 0) is 29.8 Å². The molecule has 1 atom stereocenters. The molecule has 0 aliphatic carbocycles. The Bertz CT molecular complexity index is 762. The highest BCUT2D eigenvalue weighted by Gasteiger charge is 2.18. The summed E-state index contributed by atoms with van der Waals surface area (Å²) in [5, 5.41) is 10.3. The maximum Gasteiger partial charge on any atom is 0.128 e. The van der Waals surface area contributed by atoms with Crippen molar-refractivity contribution in [1.29, 1.82) is 0 Å². The van der Waals surface area contributed by atoms with Gasteiger partial charge in [-0.1, -0.05) is 18.2 Å². The van der Waals surface area contributed by atoms with E-state index in [1.54, 1.807) is 0 Å². The van der Waals surface area contributed by atoms with Crippen molar-refractivity contribution in [1.82, 2.24) is 14.8 Å². The summed E-state index contributed by atoms with van der Waals surface area (Å²) in [6.45, 7) is 9.08. The number of β-amino-alcohol motifs (C(OH)–C–C–N with tert-alkyl or cyclic N) is 1. The van der Waals surface area contributed by atoms with E-state index in [9.17, 15) is 5.11 Å². The number of ether oxygens (including phenoxy) is 2. The van der Waals surface area contributed by atoms with E-state index >= 15 is 0 Å². The molecule has 1 aromatic heterocycles. The van der Waals surface area contributed by atoms with E-state index in [1.807, 2.05) is 30.5 Å². The highest BCUT2D eigenvalue weighted by Crippen LogP contribution is 2.18. The number of rotatable bonds is 8. The van der Waals surface area contributed by atoms with Crippen molar-refractivity contribution >= 4 is 5.82 Å². The summed E-state index contributed by atoms with van der Waals surface area (Å²) in [5.74, 6) is 1.88. The van der Waals surface area contributed by atoms with Crippen LogP contribution in [0.3, 0.4) is 0 Å². The van der Waals surface area contributed by atoms with Crippen LogP contribution in [0.1, 0.15) is 5.56 Å². The molecule has 2 aliphatic rings. The number of piperazine rings is 1. The van der Waals surface area contributed by atoms with Gasteiger partial charge < -0.3 is 19.5 Å². The number of nitrogens with zero attached hydrogens (tertiary/aromatic N) is 4. The average Bonchev–Trinajstić information content (AvgIpc) is 2.80. The molecular formula is C23H32N4O3. The Kier molecular flexibility index (Phi) is 7.53. The number of hydrogen-bond acceptors (Lipinski definition) is 7. The number of aliphatic hydroxyl groups is 1. The normalized spacial score (nSPS) is 19.6. The average molecular weight is 413 g/mol. The molecule has 2 aromatic rings. The van der Waals surface area contributed by atoms with E-state index in [2.05, 4.69) is 37.9 Å². The number of anilines is 1. The van der Waals surface area contributed by atoms with Crippen LogP contribution < -0.4 is 9.64 Å². The summed E-state index contributed by atoms with van der Waals surface area (Å²) in [4.78, 5) is 11.5. The van der Waals surface area contributed by atoms with Gasteiger partial charge in [0, 0.05) is 58.6 Å². The second-order valence-corrected chi connectivity index (χ2v) is 7.98. The van der Waals surface area contributed by atoms with Gasteiger partial charge in [0.25, 0.3) is 0 Å². The Morgan fingerprint density at radius 3 is 2.57 bits per heavy atom. The fraction of sp³-hybridized carbons (Fsp3) is 0.522. The standard InChI is InChI=1S/C23H32N4O3/c28-21(18-26-12-14-29-15-13-26)19-30-22-5-3-4-20(16-22)17-25-8-10-27(11-9-25)23-6-1-2-7-24-23/h1-7,16,21,28H,8-15,17-19H2/t21-/m0/s1. The Balaban J connectivity index is 1.22. The van der Waals surface area contributed by atoms with Crippen molar-refractivity contribution in [2.24, 2.45) is 0 Å². The summed E-state index contributed by atoms with van der Waals surface area (Å²) in [5.41, 5.74) is 1.24. The minimum Gasteiger partial charge on any atom is -0.491 e. The number of morpholine rings is 1. The van der Waals surface area contributed by atoms with Crippen molar-refractivity contribution < 1.29 is 14.6 Å². The monoisotopic (exact) mass is 412 g/mol. The molecule has 4 rings (SSSR count). The topological polar surface area (TPSA) is 61.3 Å². The first-order chi connectivity index (χ1) is 14.8. The van der Waals surface area contributed by atoms with Gasteiger partial charge in [-0.3, -0.25) is 9.80 Å². The molecule has 162 valence electrons. The molecule has 0 saturated carbocycles. The lowest BCUT2D eigenvalue weighted by Gasteiger charge is -2.35. The maximum absolute atomic E-state index is 10.3. The fourth-order valence-corrected chi connectivity index (χ4v) is 3.99. The van der Waals surface area contributed by atoms with Crippen LogP contribution in [0.25, 0.3) is 0 Å². The van der Waals surface area contributed by atoms with E-state index < -0.39 is 6.10 Å². The summed E-state index contributed by atoms with van der Waals surface area (Å²) in [6, 6.07) is 14.3. The predicted octanol–water partition coefficient (Wildman–Crippen LogP) is 1.48. The van der Waals surface area contributed by atoms with Crippen LogP contribution in [0, 0.1) is 0 Å². The molecule has 0 radical (unpaired) electrons. The Morgan fingerprint density at radius 1 is 0.967 bits per heavy atom. The van der Waals surface area contributed by atoms with Gasteiger partial charge in [-0.25, -0.2) is 4.98 Å². The van der Waals surface area contributed by atoms with Gasteiger partial charge in [0.1, 0.15) is 24.3 Å². The summed E-state index contributed by atoms with van der Waals surface area (Å²) < 4.78 is 11.2. The first-order valence-corrected chi connectivity index (χ1v) is 10.8. The summed E-state index contributed by atoms with van der Waals surface area (Å²) in [6.07, 6.45) is 1.36. The van der Waals surface area contributed by atoms with Crippen molar-refractivity contribution in [2.75, 3.05) is 70.5 Å². The van der Waals surface area contributed by atoms with Gasteiger partial charge >= 0.3 is 0 Å². The fourth-order valence-electron chi connectivity index (χ4n) is 3.99. The molecule has 1 aromatic carbocycles. The Morgan fingerprint density at radius 2 is 1.80 bits per heavy atom. The molecule has 0 unspecified atom stereocenters. The van der Waals surface area contributed by atoms with Crippen LogP contribution in [-0.2, 0) is 11.3 Å². The van der Waals surface area contributed by atoms with Crippen molar-refractivity contribution in [2.45, 2.75) is 12.6 Å². The van der Waals surface area contributed by atoms with Gasteiger partial charge in [0.2, 0.25) is 0 Å². The van der Waals surface area contributed by atoms with Crippen LogP contribution in [0.2, 0.25) is 0 Å². The number of aromatic nitrogens is 1. The SMILES string of the molecule is O[C@H](COc1cccc(CN2CCN(c3ccccn3)CC2)c1)CN1CCOCC1. The second kappa shape index (κ2) is 10.7. The minimum absolute atomic E-state index is 0.309. The molecule has 0 bridgehead atoms. The van der Waals surface area contributed by atoms with Gasteiger partial charge in [-0.2, -0.15) is 0 Å². The lowest BCUT2D eigenvalue weighted by Crippen LogP contribution is -2.46. The number of pyridine rings is 1. The van der Waals surface area contributed by atoms with E-state index in [0.717, 1.165) is 70.6 Å². The zero-order chi connectivity index (χ0) is 20.6. The molecule has 1 N–H and O–H groups in total. The third kappa shape index (κ3) is 6.15. The molecule has 7 heteroatoms. The number of benzene rings is 1. The zero-order valence-electron chi connectivity index (χ0n) is 17.5. The number of hydrogen-bond donors (Lipinski definition) is 1. The number of aliphatic hydroxyl groups excluding tert-OH is 1. The van der Waals surface area contributed by atoms with Crippen LogP contribution in [0.5, 0.6) is 5.75 Å². The van der Waals surface area contributed by atoms with Crippen LogP contribution >= 0.6 is 0 Å². The molecule has 2 fully saturated rings. The molecular weight excluding hydrogens is 380 g/mol. The van der Waals surface area contributed by atoms with Crippen molar-refractivity contribution in [3.8, 4) is 5.75 Å². The first-order valence-electron chi connectivity index (χ1n) is 10.8. The molecule has 7 nitrogen and oxygen atoms in total. The smallest absolute Gasteiger partial charge is 0.128 e. The lowest BCUT2D eigenvalue weighted by atomic mass is 10.2. The van der Waals surface area contributed by atoms with Crippen molar-refractivity contribution in [3.05, 3.63) is 54.2 Å². The Labute approximate surface area is 178 Å². The van der Waals surface area contributed by atoms with Gasteiger partial charge in [0.15, 0.2) is 0 Å². The molecule has 0 amide bonds. The van der Waals surface area contributed by atoms with Gasteiger partial charge in [0.05, 0.1) is 13.2 Å². The van der Waals surface area contributed by atoms with Crippen LogP contribution in [0.4, 0.5) is 5.82 Å². The maximum atomic E-state index is 10.3. The highest BCUT2D eigenvalue weighted by molar-refractivity contribution is 5.38. The van der Waals surface area contributed by atoms with Gasteiger partial charge in [-0.15, -0.1) is 0 Å². The molecule has 2 aliphatic heterocycles. The molecule has 0 spiro atoms. The van der Waals surface area contributed by atoms with E-state index in [1.165, 1.54) is 5.56 Å². The third-order valence-corrected chi connectivity index (χ3v) is 5.67. The predicted molar refractivity (Wildman–Crippen MR) is 117 cm³/mol. The summed E-state index contributed by atoms with van der Waals surface area (Å²) >= 11 is 0. The Hall–Kier alpha value is -2.19. The molecule has 2 saturated heterocycles. The zero-order valence-corrected chi connectivity index (χ0v) is 17.5. The van der Waals surface area contributed by atoms with Crippen LogP contribution in [-0.4, -0.2) is 91.6 Å². The minimum atomic E-state index is -0.494. The lowest BCUT2D eigenvalue weighted by molar-refractivity contribution is 0.00464. The van der Waals surface area contributed by atoms with E-state index in [0.29, 0.717) is 13.2 Å².